The lowest BCUT2D eigenvalue weighted by Gasteiger charge is -2.22. The number of thiophene rings is 1. The number of nitrogens with zero attached hydrogens (tertiary/aromatic N) is 1. The number of benzene rings is 1. The number of sulfonamides is 1. The van der Waals surface area contributed by atoms with Crippen LogP contribution in [0.15, 0.2) is 44.4 Å². The van der Waals surface area contributed by atoms with Gasteiger partial charge in [-0.3, -0.25) is 4.31 Å². The fourth-order valence-electron chi connectivity index (χ4n) is 1.70. The summed E-state index contributed by atoms with van der Waals surface area (Å²) in [5.74, 6) is 0. The number of hydrogen-bond donors (Lipinski definition) is 1. The van der Waals surface area contributed by atoms with Gasteiger partial charge in [-0.15, -0.1) is 11.3 Å². The van der Waals surface area contributed by atoms with E-state index in [1.165, 1.54) is 15.6 Å². The van der Waals surface area contributed by atoms with Crippen molar-refractivity contribution in [3.8, 4) is 0 Å². The van der Waals surface area contributed by atoms with Crippen LogP contribution in [0.1, 0.15) is 6.92 Å². The van der Waals surface area contributed by atoms with Crippen LogP contribution in [0.2, 0.25) is 0 Å². The van der Waals surface area contributed by atoms with E-state index in [4.69, 9.17) is 5.73 Å². The van der Waals surface area contributed by atoms with Gasteiger partial charge in [0.15, 0.2) is 4.21 Å². The summed E-state index contributed by atoms with van der Waals surface area (Å²) < 4.78 is 27.5. The zero-order chi connectivity index (χ0) is 14.0. The molecule has 0 fully saturated rings. The largest absolute Gasteiger partial charge is 0.399 e. The second-order valence-corrected chi connectivity index (χ2v) is 7.65. The minimum atomic E-state index is -3.54. The van der Waals surface area contributed by atoms with Gasteiger partial charge in [-0.25, -0.2) is 8.42 Å². The molecule has 0 spiro atoms. The molecule has 19 heavy (non-hydrogen) atoms. The lowest BCUT2D eigenvalue weighted by Crippen LogP contribution is -2.30. The van der Waals surface area contributed by atoms with Crippen LogP contribution in [-0.4, -0.2) is 15.0 Å². The van der Waals surface area contributed by atoms with Crippen LogP contribution in [0.4, 0.5) is 11.4 Å². The maximum atomic E-state index is 12.6. The van der Waals surface area contributed by atoms with E-state index in [2.05, 4.69) is 15.9 Å². The van der Waals surface area contributed by atoms with Crippen molar-refractivity contribution < 1.29 is 8.42 Å². The van der Waals surface area contributed by atoms with Crippen molar-refractivity contribution >= 4 is 48.7 Å². The maximum absolute atomic E-state index is 12.6. The summed E-state index contributed by atoms with van der Waals surface area (Å²) in [5, 5.41) is 1.74. The molecule has 0 atom stereocenters. The Labute approximate surface area is 125 Å². The van der Waals surface area contributed by atoms with E-state index in [-0.39, 0.29) is 0 Å². The number of halogens is 1. The number of rotatable bonds is 4. The highest BCUT2D eigenvalue weighted by Gasteiger charge is 2.26. The summed E-state index contributed by atoms with van der Waals surface area (Å²) in [4.78, 5) is 0. The molecule has 0 bridgehead atoms. The van der Waals surface area contributed by atoms with Gasteiger partial charge in [-0.2, -0.15) is 0 Å². The Balaban J connectivity index is 2.48. The number of anilines is 2. The summed E-state index contributed by atoms with van der Waals surface area (Å²) in [7, 11) is -3.54. The highest BCUT2D eigenvalue weighted by Crippen LogP contribution is 2.32. The molecule has 102 valence electrons. The molecule has 4 nitrogen and oxygen atoms in total. The SMILES string of the molecule is CCN(c1ccc(N)cc1)S(=O)(=O)c1sccc1Br. The number of nitrogen functional groups attached to an aromatic ring is 1. The highest BCUT2D eigenvalue weighted by molar-refractivity contribution is 9.10. The standard InChI is InChI=1S/C12H13BrN2O2S2/c1-2-15(10-5-3-9(14)4-6-10)19(16,17)12-11(13)7-8-18-12/h3-8H,2,14H2,1H3. The van der Waals surface area contributed by atoms with Gasteiger partial charge in [0.1, 0.15) is 0 Å². The molecule has 1 heterocycles. The Morgan fingerprint density at radius 2 is 1.89 bits per heavy atom. The summed E-state index contributed by atoms with van der Waals surface area (Å²) in [5.41, 5.74) is 6.84. The molecule has 0 amide bonds. The molecule has 0 saturated heterocycles. The number of nitrogens with two attached hydrogens (primary N) is 1. The van der Waals surface area contributed by atoms with E-state index < -0.39 is 10.0 Å². The molecule has 2 N–H and O–H groups in total. The molecule has 0 aliphatic rings. The predicted octanol–water partition coefficient (Wildman–Crippen LogP) is 3.31. The highest BCUT2D eigenvalue weighted by atomic mass is 79.9. The summed E-state index contributed by atoms with van der Waals surface area (Å²) in [6.07, 6.45) is 0. The predicted molar refractivity (Wildman–Crippen MR) is 83.1 cm³/mol. The van der Waals surface area contributed by atoms with E-state index in [0.29, 0.717) is 26.6 Å². The van der Waals surface area contributed by atoms with Crippen LogP contribution in [0.5, 0.6) is 0 Å². The van der Waals surface area contributed by atoms with Crippen LogP contribution in [0.25, 0.3) is 0 Å². The van der Waals surface area contributed by atoms with Gasteiger partial charge in [-0.1, -0.05) is 0 Å². The quantitative estimate of drug-likeness (QED) is 0.850. The summed E-state index contributed by atoms with van der Waals surface area (Å²) in [6.45, 7) is 2.16. The Bertz CT molecular complexity index is 665. The Kier molecular flexibility index (Phi) is 4.17. The van der Waals surface area contributed by atoms with Gasteiger partial charge in [0, 0.05) is 16.7 Å². The van der Waals surface area contributed by atoms with Crippen molar-refractivity contribution in [3.63, 3.8) is 0 Å². The second kappa shape index (κ2) is 5.52. The molecular weight excluding hydrogens is 348 g/mol. The molecule has 0 saturated carbocycles. The Morgan fingerprint density at radius 1 is 1.26 bits per heavy atom. The smallest absolute Gasteiger partial charge is 0.274 e. The number of hydrogen-bond acceptors (Lipinski definition) is 4. The van der Waals surface area contributed by atoms with Gasteiger partial charge < -0.3 is 5.73 Å². The second-order valence-electron chi connectivity index (χ2n) is 3.82. The van der Waals surface area contributed by atoms with Crippen molar-refractivity contribution in [1.29, 1.82) is 0 Å². The van der Waals surface area contributed by atoms with Crippen LogP contribution in [0, 0.1) is 0 Å². The van der Waals surface area contributed by atoms with E-state index in [0.717, 1.165) is 0 Å². The fraction of sp³-hybridized carbons (Fsp3) is 0.167. The van der Waals surface area contributed by atoms with Gasteiger partial charge >= 0.3 is 0 Å². The molecule has 1 aromatic carbocycles. The molecule has 0 radical (unpaired) electrons. The van der Waals surface area contributed by atoms with Crippen molar-refractivity contribution in [2.24, 2.45) is 0 Å². The minimum absolute atomic E-state index is 0.311. The van der Waals surface area contributed by atoms with Crippen molar-refractivity contribution in [2.75, 3.05) is 16.6 Å². The summed E-state index contributed by atoms with van der Waals surface area (Å²) >= 11 is 4.47. The van der Waals surface area contributed by atoms with Crippen LogP contribution < -0.4 is 10.0 Å². The maximum Gasteiger partial charge on any atom is 0.274 e. The van der Waals surface area contributed by atoms with Crippen LogP contribution >= 0.6 is 27.3 Å². The van der Waals surface area contributed by atoms with Gasteiger partial charge in [-0.05, 0) is 58.6 Å². The zero-order valence-corrected chi connectivity index (χ0v) is 13.4. The lowest BCUT2D eigenvalue weighted by atomic mass is 10.3. The third-order valence-electron chi connectivity index (χ3n) is 2.58. The van der Waals surface area contributed by atoms with Crippen LogP contribution in [0.3, 0.4) is 0 Å². The molecule has 2 aromatic rings. The first-order valence-electron chi connectivity index (χ1n) is 5.58. The van der Waals surface area contributed by atoms with Crippen molar-refractivity contribution in [2.45, 2.75) is 11.1 Å². The van der Waals surface area contributed by atoms with E-state index >= 15 is 0 Å². The van der Waals surface area contributed by atoms with Crippen LogP contribution in [-0.2, 0) is 10.0 Å². The molecule has 0 aliphatic heterocycles. The topological polar surface area (TPSA) is 63.4 Å². The van der Waals surface area contributed by atoms with E-state index in [1.807, 2.05) is 0 Å². The third-order valence-corrected chi connectivity index (χ3v) is 7.13. The molecule has 0 unspecified atom stereocenters. The molecule has 0 aliphatic carbocycles. The molecule has 2 rings (SSSR count). The van der Waals surface area contributed by atoms with Gasteiger partial charge in [0.25, 0.3) is 10.0 Å². The summed E-state index contributed by atoms with van der Waals surface area (Å²) in [6, 6.07) is 8.53. The van der Waals surface area contributed by atoms with Crippen molar-refractivity contribution in [1.82, 2.24) is 0 Å². The minimum Gasteiger partial charge on any atom is -0.399 e. The Morgan fingerprint density at radius 3 is 2.37 bits per heavy atom. The normalized spacial score (nSPS) is 11.5. The first kappa shape index (κ1) is 14.4. The van der Waals surface area contributed by atoms with Crippen molar-refractivity contribution in [3.05, 3.63) is 40.2 Å². The third kappa shape index (κ3) is 2.77. The monoisotopic (exact) mass is 360 g/mol. The molecule has 1 aromatic heterocycles. The van der Waals surface area contributed by atoms with Gasteiger partial charge in [0.2, 0.25) is 0 Å². The average Bonchev–Trinajstić information content (AvgIpc) is 2.79. The first-order valence-corrected chi connectivity index (χ1v) is 8.69. The average molecular weight is 361 g/mol. The first-order chi connectivity index (χ1) is 8.96. The molecule has 7 heteroatoms. The van der Waals surface area contributed by atoms with E-state index in [1.54, 1.807) is 42.6 Å². The Hall–Kier alpha value is -1.05. The fourth-order valence-corrected chi connectivity index (χ4v) is 5.58. The van der Waals surface area contributed by atoms with E-state index in [9.17, 15) is 8.42 Å². The van der Waals surface area contributed by atoms with Gasteiger partial charge in [0.05, 0.1) is 5.69 Å². The lowest BCUT2D eigenvalue weighted by molar-refractivity contribution is 0.593. The zero-order valence-electron chi connectivity index (χ0n) is 10.2. The molecular formula is C12H13BrN2O2S2.